The van der Waals surface area contributed by atoms with Crippen molar-refractivity contribution in [3.8, 4) is 0 Å². The van der Waals surface area contributed by atoms with Gasteiger partial charge < -0.3 is 14.9 Å². The van der Waals surface area contributed by atoms with Crippen LogP contribution in [0, 0.1) is 6.92 Å². The van der Waals surface area contributed by atoms with Gasteiger partial charge in [-0.05, 0) is 34.6 Å². The molecule has 1 heterocycles. The highest BCUT2D eigenvalue weighted by molar-refractivity contribution is 5.26. The van der Waals surface area contributed by atoms with Crippen molar-refractivity contribution < 1.29 is 9.63 Å². The van der Waals surface area contributed by atoms with Crippen LogP contribution in [0.1, 0.15) is 33.5 Å². The summed E-state index contributed by atoms with van der Waals surface area (Å²) in [5.41, 5.74) is -1.42. The number of anilines is 1. The molecule has 1 aromatic heterocycles. The van der Waals surface area contributed by atoms with Crippen LogP contribution in [0.2, 0.25) is 0 Å². The van der Waals surface area contributed by atoms with Gasteiger partial charge in [-0.2, -0.15) is 4.98 Å². The fourth-order valence-corrected chi connectivity index (χ4v) is 0.768. The zero-order valence-electron chi connectivity index (χ0n) is 9.25. The first-order valence-electron chi connectivity index (χ1n) is 4.53. The molecule has 0 saturated heterocycles. The normalized spacial score (nSPS) is 13.0. The van der Waals surface area contributed by atoms with Crippen LogP contribution in [0.25, 0.3) is 0 Å². The molecule has 5 nitrogen and oxygen atoms in total. The lowest BCUT2D eigenvalue weighted by Crippen LogP contribution is -2.51. The summed E-state index contributed by atoms with van der Waals surface area (Å²) in [6.07, 6.45) is 0. The summed E-state index contributed by atoms with van der Waals surface area (Å²) in [5, 5.41) is 16.5. The number of aromatic nitrogens is 2. The highest BCUT2D eigenvalue weighted by Crippen LogP contribution is 2.24. The maximum Gasteiger partial charge on any atom is 0.321 e. The predicted octanol–water partition coefficient (Wildman–Crippen LogP) is 1.34. The van der Waals surface area contributed by atoms with Crippen molar-refractivity contribution in [3.63, 3.8) is 0 Å². The average molecular weight is 199 g/mol. The van der Waals surface area contributed by atoms with E-state index >= 15 is 0 Å². The molecule has 0 fully saturated rings. The third-order valence-electron chi connectivity index (χ3n) is 2.48. The van der Waals surface area contributed by atoms with Gasteiger partial charge in [-0.25, -0.2) is 0 Å². The minimum Gasteiger partial charge on any atom is -0.388 e. The Kier molecular flexibility index (Phi) is 2.54. The Labute approximate surface area is 83.5 Å². The summed E-state index contributed by atoms with van der Waals surface area (Å²) >= 11 is 0. The van der Waals surface area contributed by atoms with E-state index in [-0.39, 0.29) is 0 Å². The molecule has 0 aromatic carbocycles. The second-order valence-corrected chi connectivity index (χ2v) is 4.46. The van der Waals surface area contributed by atoms with Crippen molar-refractivity contribution in [2.75, 3.05) is 5.32 Å². The zero-order valence-corrected chi connectivity index (χ0v) is 9.25. The van der Waals surface area contributed by atoms with Crippen LogP contribution in [0.3, 0.4) is 0 Å². The molecular weight excluding hydrogens is 182 g/mol. The van der Waals surface area contributed by atoms with Crippen molar-refractivity contribution in [1.29, 1.82) is 0 Å². The van der Waals surface area contributed by atoms with Crippen LogP contribution in [-0.2, 0) is 0 Å². The third-order valence-corrected chi connectivity index (χ3v) is 2.48. The van der Waals surface area contributed by atoms with E-state index in [0.29, 0.717) is 11.8 Å². The smallest absolute Gasteiger partial charge is 0.321 e. The molecule has 0 saturated carbocycles. The summed E-state index contributed by atoms with van der Waals surface area (Å²) in [5.74, 6) is 0.569. The van der Waals surface area contributed by atoms with Gasteiger partial charge in [0.1, 0.15) is 0 Å². The summed E-state index contributed by atoms with van der Waals surface area (Å²) < 4.78 is 4.91. The van der Waals surface area contributed by atoms with E-state index in [1.54, 1.807) is 20.8 Å². The number of nitrogens with one attached hydrogen (secondary N) is 1. The van der Waals surface area contributed by atoms with E-state index in [1.165, 1.54) is 0 Å². The number of aryl methyl sites for hydroxylation is 1. The molecule has 0 bridgehead atoms. The number of aliphatic hydroxyl groups is 1. The van der Waals surface area contributed by atoms with Gasteiger partial charge in [0.15, 0.2) is 5.82 Å². The molecule has 80 valence electrons. The van der Waals surface area contributed by atoms with Gasteiger partial charge in [0, 0.05) is 0 Å². The Bertz CT molecular complexity index is 312. The monoisotopic (exact) mass is 199 g/mol. The quantitative estimate of drug-likeness (QED) is 0.768. The van der Waals surface area contributed by atoms with Crippen LogP contribution in [0.15, 0.2) is 4.52 Å². The minimum atomic E-state index is -0.880. The lowest BCUT2D eigenvalue weighted by molar-refractivity contribution is 0.0227. The molecule has 2 N–H and O–H groups in total. The highest BCUT2D eigenvalue weighted by atomic mass is 16.5. The second-order valence-electron chi connectivity index (χ2n) is 4.46. The number of hydrogen-bond acceptors (Lipinski definition) is 5. The van der Waals surface area contributed by atoms with E-state index in [1.807, 2.05) is 13.8 Å². The molecular formula is C9H17N3O2. The van der Waals surface area contributed by atoms with E-state index in [4.69, 9.17) is 4.52 Å². The van der Waals surface area contributed by atoms with Crippen molar-refractivity contribution in [2.45, 2.75) is 45.8 Å². The summed E-state index contributed by atoms with van der Waals surface area (Å²) in [7, 11) is 0. The molecule has 1 aromatic rings. The minimum absolute atomic E-state index is 0.328. The van der Waals surface area contributed by atoms with Gasteiger partial charge in [-0.3, -0.25) is 0 Å². The Hall–Kier alpha value is -1.10. The zero-order chi connectivity index (χ0) is 11.0. The van der Waals surface area contributed by atoms with Crippen molar-refractivity contribution in [3.05, 3.63) is 5.82 Å². The van der Waals surface area contributed by atoms with Gasteiger partial charge in [0.25, 0.3) is 0 Å². The fourth-order valence-electron chi connectivity index (χ4n) is 0.768. The van der Waals surface area contributed by atoms with Crippen LogP contribution in [0.5, 0.6) is 0 Å². The van der Waals surface area contributed by atoms with Crippen molar-refractivity contribution in [2.24, 2.45) is 0 Å². The summed E-state index contributed by atoms with van der Waals surface area (Å²) in [6, 6.07) is 0.328. The van der Waals surface area contributed by atoms with Gasteiger partial charge in [0.2, 0.25) is 0 Å². The van der Waals surface area contributed by atoms with E-state index in [2.05, 4.69) is 15.5 Å². The molecule has 0 atom stereocenters. The van der Waals surface area contributed by atoms with Crippen LogP contribution < -0.4 is 5.32 Å². The van der Waals surface area contributed by atoms with Gasteiger partial charge in [0.05, 0.1) is 11.1 Å². The second kappa shape index (κ2) is 3.24. The Morgan fingerprint density at radius 1 is 1.29 bits per heavy atom. The third kappa shape index (κ3) is 2.23. The van der Waals surface area contributed by atoms with Crippen LogP contribution in [-0.4, -0.2) is 26.4 Å². The first-order chi connectivity index (χ1) is 6.22. The van der Waals surface area contributed by atoms with Crippen LogP contribution >= 0.6 is 0 Å². The van der Waals surface area contributed by atoms with Gasteiger partial charge in [-0.15, -0.1) is 0 Å². The maximum atomic E-state index is 9.86. The molecule has 0 aliphatic heterocycles. The first-order valence-corrected chi connectivity index (χ1v) is 4.53. The molecule has 0 amide bonds. The fraction of sp³-hybridized carbons (Fsp3) is 0.778. The van der Waals surface area contributed by atoms with Crippen molar-refractivity contribution >= 4 is 6.01 Å². The van der Waals surface area contributed by atoms with Gasteiger partial charge in [-0.1, -0.05) is 5.16 Å². The Balaban J connectivity index is 2.78. The SMILES string of the molecule is Cc1noc(NC(C)(C)C(C)(C)O)n1. The van der Waals surface area contributed by atoms with E-state index in [9.17, 15) is 5.11 Å². The van der Waals surface area contributed by atoms with Gasteiger partial charge >= 0.3 is 6.01 Å². The number of hydrogen-bond donors (Lipinski definition) is 2. The molecule has 0 spiro atoms. The number of nitrogens with zero attached hydrogens (tertiary/aromatic N) is 2. The lowest BCUT2D eigenvalue weighted by Gasteiger charge is -2.37. The van der Waals surface area contributed by atoms with Crippen molar-refractivity contribution in [1.82, 2.24) is 10.1 Å². The average Bonchev–Trinajstić information content (AvgIpc) is 2.31. The summed E-state index contributed by atoms with van der Waals surface area (Å²) in [6.45, 7) is 8.93. The Morgan fingerprint density at radius 3 is 2.21 bits per heavy atom. The molecule has 14 heavy (non-hydrogen) atoms. The molecule has 0 aliphatic rings. The summed E-state index contributed by atoms with van der Waals surface area (Å²) in [4.78, 5) is 4.01. The predicted molar refractivity (Wildman–Crippen MR) is 53.0 cm³/mol. The molecule has 5 heteroatoms. The van der Waals surface area contributed by atoms with E-state index < -0.39 is 11.1 Å². The molecule has 0 aliphatic carbocycles. The van der Waals surface area contributed by atoms with E-state index in [0.717, 1.165) is 0 Å². The highest BCUT2D eigenvalue weighted by Gasteiger charge is 2.36. The molecule has 0 unspecified atom stereocenters. The molecule has 1 rings (SSSR count). The lowest BCUT2D eigenvalue weighted by atomic mass is 9.86. The largest absolute Gasteiger partial charge is 0.388 e. The number of rotatable bonds is 3. The first kappa shape index (κ1) is 11.0. The Morgan fingerprint density at radius 2 is 1.86 bits per heavy atom. The van der Waals surface area contributed by atoms with Crippen LogP contribution in [0.4, 0.5) is 6.01 Å². The standard InChI is InChI=1S/C9H17N3O2/c1-6-10-7(14-12-6)11-8(2,3)9(4,5)13/h13H,1-5H3,(H,10,11,12). The molecule has 0 radical (unpaired) electrons. The maximum absolute atomic E-state index is 9.86. The topological polar surface area (TPSA) is 71.2 Å².